The molecule has 2 N–H and O–H groups in total. The first-order chi connectivity index (χ1) is 18.7. The molecule has 39 heavy (non-hydrogen) atoms. The second-order valence-electron chi connectivity index (χ2n) is 8.28. The standard InChI is InChI=1S/C26H18N6O6S/c33-31(34)20-14-10-18(11-15-20)17-8-12-19(13-9-17)27-25-26(29-24-7-2-1-6-23(24)28-25)30-39(37,38)22-5-3-4-21(16-22)32(35)36/h1-16H,(H,27,28)(H,29,30). The van der Waals surface area contributed by atoms with Crippen LogP contribution in [0.5, 0.6) is 0 Å². The average Bonchev–Trinajstić information content (AvgIpc) is 2.94. The molecule has 4 aromatic carbocycles. The molecule has 0 fully saturated rings. The van der Waals surface area contributed by atoms with Gasteiger partial charge in [-0.25, -0.2) is 18.4 Å². The van der Waals surface area contributed by atoms with E-state index in [1.54, 1.807) is 60.7 Å². The van der Waals surface area contributed by atoms with Crippen molar-refractivity contribution < 1.29 is 18.3 Å². The van der Waals surface area contributed by atoms with Gasteiger partial charge in [0, 0.05) is 30.0 Å². The highest BCUT2D eigenvalue weighted by Crippen LogP contribution is 2.29. The van der Waals surface area contributed by atoms with Crippen molar-refractivity contribution in [3.05, 3.63) is 117 Å². The lowest BCUT2D eigenvalue weighted by Gasteiger charge is -2.14. The number of para-hydroxylation sites is 2. The second-order valence-corrected chi connectivity index (χ2v) is 9.96. The van der Waals surface area contributed by atoms with E-state index >= 15 is 0 Å². The van der Waals surface area contributed by atoms with Crippen LogP contribution in [0.1, 0.15) is 0 Å². The monoisotopic (exact) mass is 542 g/mol. The minimum Gasteiger partial charge on any atom is -0.337 e. The van der Waals surface area contributed by atoms with E-state index in [0.717, 1.165) is 17.2 Å². The zero-order valence-corrected chi connectivity index (χ0v) is 20.7. The summed E-state index contributed by atoms with van der Waals surface area (Å²) in [6, 6.07) is 24.8. The van der Waals surface area contributed by atoms with Crippen molar-refractivity contribution in [3.8, 4) is 11.1 Å². The third kappa shape index (κ3) is 5.47. The molecule has 0 radical (unpaired) electrons. The van der Waals surface area contributed by atoms with Crippen molar-refractivity contribution in [2.75, 3.05) is 10.0 Å². The summed E-state index contributed by atoms with van der Waals surface area (Å²) in [5.41, 5.74) is 2.74. The van der Waals surface area contributed by atoms with Crippen LogP contribution in [0.25, 0.3) is 22.2 Å². The van der Waals surface area contributed by atoms with Crippen LogP contribution in [0.15, 0.2) is 102 Å². The van der Waals surface area contributed by atoms with Gasteiger partial charge in [-0.05, 0) is 53.6 Å². The molecule has 1 heterocycles. The van der Waals surface area contributed by atoms with Gasteiger partial charge in [-0.3, -0.25) is 25.0 Å². The van der Waals surface area contributed by atoms with Gasteiger partial charge in [0.05, 0.1) is 25.8 Å². The van der Waals surface area contributed by atoms with Crippen LogP contribution in [0, 0.1) is 20.2 Å². The Morgan fingerprint density at radius 2 is 1.21 bits per heavy atom. The van der Waals surface area contributed by atoms with Gasteiger partial charge in [-0.15, -0.1) is 0 Å². The molecule has 0 aliphatic rings. The van der Waals surface area contributed by atoms with Gasteiger partial charge in [0.2, 0.25) is 0 Å². The van der Waals surface area contributed by atoms with Gasteiger partial charge >= 0.3 is 0 Å². The highest BCUT2D eigenvalue weighted by atomic mass is 32.2. The van der Waals surface area contributed by atoms with Crippen LogP contribution in [-0.4, -0.2) is 28.2 Å². The molecule has 0 saturated heterocycles. The number of nitro groups is 2. The molecular formula is C26H18N6O6S. The molecule has 194 valence electrons. The number of anilines is 3. The fourth-order valence-corrected chi connectivity index (χ4v) is 4.82. The normalized spacial score (nSPS) is 11.2. The smallest absolute Gasteiger partial charge is 0.270 e. The number of nitro benzene ring substituents is 2. The van der Waals surface area contributed by atoms with Gasteiger partial charge in [-0.2, -0.15) is 0 Å². The molecule has 0 spiro atoms. The molecule has 0 unspecified atom stereocenters. The molecule has 0 atom stereocenters. The summed E-state index contributed by atoms with van der Waals surface area (Å²) in [5.74, 6) is 0.0189. The maximum absolute atomic E-state index is 13.1. The number of nitrogens with zero attached hydrogens (tertiary/aromatic N) is 4. The first-order valence-electron chi connectivity index (χ1n) is 11.4. The first kappa shape index (κ1) is 25.2. The van der Waals surface area contributed by atoms with E-state index in [0.29, 0.717) is 16.7 Å². The Kier molecular flexibility index (Phi) is 6.56. The van der Waals surface area contributed by atoms with Crippen LogP contribution in [0.4, 0.5) is 28.7 Å². The van der Waals surface area contributed by atoms with E-state index in [2.05, 4.69) is 20.0 Å². The van der Waals surface area contributed by atoms with E-state index in [1.165, 1.54) is 30.3 Å². The van der Waals surface area contributed by atoms with Crippen LogP contribution in [0.3, 0.4) is 0 Å². The Bertz CT molecular complexity index is 1830. The molecule has 0 aliphatic heterocycles. The van der Waals surface area contributed by atoms with Crippen molar-refractivity contribution in [1.82, 2.24) is 9.97 Å². The summed E-state index contributed by atoms with van der Waals surface area (Å²) < 4.78 is 28.6. The van der Waals surface area contributed by atoms with Crippen LogP contribution in [-0.2, 0) is 10.0 Å². The summed E-state index contributed by atoms with van der Waals surface area (Å²) in [4.78, 5) is 29.5. The minimum atomic E-state index is -4.25. The predicted octanol–water partition coefficient (Wildman–Crippen LogP) is 5.66. The lowest BCUT2D eigenvalue weighted by Crippen LogP contribution is -2.16. The Morgan fingerprint density at radius 1 is 0.641 bits per heavy atom. The third-order valence-electron chi connectivity index (χ3n) is 5.70. The fourth-order valence-electron chi connectivity index (χ4n) is 3.77. The molecule has 0 amide bonds. The SMILES string of the molecule is O=[N+]([O-])c1ccc(-c2ccc(Nc3nc4ccccc4nc3NS(=O)(=O)c3cccc([N+](=O)[O-])c3)cc2)cc1. The number of non-ortho nitro benzene ring substituents is 2. The second kappa shape index (κ2) is 10.1. The van der Waals surface area contributed by atoms with Gasteiger partial charge in [0.25, 0.3) is 21.4 Å². The summed E-state index contributed by atoms with van der Waals surface area (Å²) in [5, 5.41) is 25.1. The average molecular weight is 543 g/mol. The van der Waals surface area contributed by atoms with E-state index in [-0.39, 0.29) is 27.9 Å². The maximum Gasteiger partial charge on any atom is 0.270 e. The summed E-state index contributed by atoms with van der Waals surface area (Å²) in [6.07, 6.45) is 0. The number of sulfonamides is 1. The van der Waals surface area contributed by atoms with E-state index in [1.807, 2.05) is 0 Å². The molecule has 13 heteroatoms. The van der Waals surface area contributed by atoms with Crippen LogP contribution in [0.2, 0.25) is 0 Å². The summed E-state index contributed by atoms with van der Waals surface area (Å²) >= 11 is 0. The number of nitrogens with one attached hydrogen (secondary N) is 2. The van der Waals surface area contributed by atoms with Crippen molar-refractivity contribution >= 4 is 49.8 Å². The Morgan fingerprint density at radius 3 is 1.79 bits per heavy atom. The molecule has 1 aromatic heterocycles. The van der Waals surface area contributed by atoms with Gasteiger partial charge in [-0.1, -0.05) is 30.3 Å². The number of hydrogen-bond donors (Lipinski definition) is 2. The molecule has 12 nitrogen and oxygen atoms in total. The van der Waals surface area contributed by atoms with Gasteiger partial charge < -0.3 is 5.32 Å². The predicted molar refractivity (Wildman–Crippen MR) is 145 cm³/mol. The Balaban J connectivity index is 1.47. The van der Waals surface area contributed by atoms with Crippen molar-refractivity contribution in [2.24, 2.45) is 0 Å². The molecule has 0 saturated carbocycles. The molecular weight excluding hydrogens is 524 g/mol. The summed E-state index contributed by atoms with van der Waals surface area (Å²) in [6.45, 7) is 0. The molecule has 0 aliphatic carbocycles. The third-order valence-corrected chi connectivity index (χ3v) is 7.04. The highest BCUT2D eigenvalue weighted by Gasteiger charge is 2.21. The number of rotatable bonds is 8. The molecule has 5 rings (SSSR count). The minimum absolute atomic E-state index is 0.00740. The maximum atomic E-state index is 13.1. The highest BCUT2D eigenvalue weighted by molar-refractivity contribution is 7.92. The fraction of sp³-hybridized carbons (Fsp3) is 0. The Labute approximate surface area is 221 Å². The molecule has 5 aromatic rings. The van der Waals surface area contributed by atoms with E-state index in [4.69, 9.17) is 0 Å². The zero-order chi connectivity index (χ0) is 27.6. The van der Waals surface area contributed by atoms with Crippen molar-refractivity contribution in [1.29, 1.82) is 0 Å². The van der Waals surface area contributed by atoms with Crippen molar-refractivity contribution in [3.63, 3.8) is 0 Å². The largest absolute Gasteiger partial charge is 0.337 e. The van der Waals surface area contributed by atoms with Crippen LogP contribution >= 0.6 is 0 Å². The zero-order valence-electron chi connectivity index (χ0n) is 19.9. The van der Waals surface area contributed by atoms with E-state index < -0.39 is 19.9 Å². The lowest BCUT2D eigenvalue weighted by molar-refractivity contribution is -0.385. The van der Waals surface area contributed by atoms with E-state index in [9.17, 15) is 28.6 Å². The lowest BCUT2D eigenvalue weighted by atomic mass is 10.1. The van der Waals surface area contributed by atoms with Crippen molar-refractivity contribution in [2.45, 2.75) is 4.90 Å². The van der Waals surface area contributed by atoms with Crippen LogP contribution < -0.4 is 10.0 Å². The number of aromatic nitrogens is 2. The number of benzene rings is 4. The first-order valence-corrected chi connectivity index (χ1v) is 12.8. The molecule has 0 bridgehead atoms. The quantitative estimate of drug-likeness (QED) is 0.185. The Hall–Kier alpha value is -5.43. The van der Waals surface area contributed by atoms with Gasteiger partial charge in [0.1, 0.15) is 0 Å². The number of fused-ring (bicyclic) bond motifs is 1. The van der Waals surface area contributed by atoms with Gasteiger partial charge in [0.15, 0.2) is 11.6 Å². The topological polar surface area (TPSA) is 170 Å². The summed E-state index contributed by atoms with van der Waals surface area (Å²) in [7, 11) is -4.25. The number of hydrogen-bond acceptors (Lipinski definition) is 9.